The predicted octanol–water partition coefficient (Wildman–Crippen LogP) is 2.39. The van der Waals surface area contributed by atoms with Crippen molar-refractivity contribution in [3.8, 4) is 0 Å². The van der Waals surface area contributed by atoms with Gasteiger partial charge < -0.3 is 5.11 Å². The molecule has 1 aliphatic carbocycles. The van der Waals surface area contributed by atoms with Gasteiger partial charge in [0.1, 0.15) is 0 Å². The lowest BCUT2D eigenvalue weighted by atomic mass is 10.1. The molecule has 1 aliphatic rings. The van der Waals surface area contributed by atoms with Crippen molar-refractivity contribution in [3.05, 3.63) is 40.3 Å². The van der Waals surface area contributed by atoms with Crippen LogP contribution in [0.4, 0.5) is 0 Å². The molecule has 20 heavy (non-hydrogen) atoms. The molecular weight excluding hydrogens is 298 g/mol. The summed E-state index contributed by atoms with van der Waals surface area (Å²) in [5, 5.41) is 11.2. The molecule has 0 amide bonds. The van der Waals surface area contributed by atoms with Gasteiger partial charge in [-0.1, -0.05) is 23.7 Å². The molecule has 2 unspecified atom stereocenters. The molecule has 0 bridgehead atoms. The maximum atomic E-state index is 11.8. The third-order valence-corrected chi connectivity index (χ3v) is 4.71. The van der Waals surface area contributed by atoms with Gasteiger partial charge in [-0.15, -0.1) is 0 Å². The number of sulfonamides is 1. The lowest BCUT2D eigenvalue weighted by Crippen LogP contribution is -2.27. The van der Waals surface area contributed by atoms with Crippen molar-refractivity contribution in [3.63, 3.8) is 0 Å². The third-order valence-electron chi connectivity index (χ3n) is 3.40. The summed E-state index contributed by atoms with van der Waals surface area (Å²) in [5.74, 6) is 0.226. The Balaban J connectivity index is 1.88. The second-order valence-electron chi connectivity index (χ2n) is 5.08. The normalized spacial score (nSPS) is 23.5. The first-order chi connectivity index (χ1) is 9.44. The fourth-order valence-electron chi connectivity index (χ4n) is 2.26. The molecule has 4 nitrogen and oxygen atoms in total. The summed E-state index contributed by atoms with van der Waals surface area (Å²) < 4.78 is 26.2. The van der Waals surface area contributed by atoms with Gasteiger partial charge in [0.25, 0.3) is 0 Å². The van der Waals surface area contributed by atoms with Crippen molar-refractivity contribution in [2.24, 2.45) is 5.92 Å². The van der Waals surface area contributed by atoms with Gasteiger partial charge >= 0.3 is 0 Å². The third kappa shape index (κ3) is 4.90. The minimum absolute atomic E-state index is 0.226. The molecule has 0 saturated heterocycles. The first kappa shape index (κ1) is 15.5. The Morgan fingerprint density at radius 2 is 2.00 bits per heavy atom. The van der Waals surface area contributed by atoms with Crippen molar-refractivity contribution in [1.82, 2.24) is 4.72 Å². The van der Waals surface area contributed by atoms with Gasteiger partial charge in [-0.25, -0.2) is 13.1 Å². The summed E-state index contributed by atoms with van der Waals surface area (Å²) in [4.78, 5) is 0. The number of aliphatic hydroxyl groups excluding tert-OH is 1. The summed E-state index contributed by atoms with van der Waals surface area (Å²) in [6, 6.07) is 6.92. The summed E-state index contributed by atoms with van der Waals surface area (Å²) in [6.45, 7) is 0.379. The summed E-state index contributed by atoms with van der Waals surface area (Å²) in [7, 11) is -3.44. The van der Waals surface area contributed by atoms with Crippen molar-refractivity contribution in [2.75, 3.05) is 6.54 Å². The molecule has 1 aromatic carbocycles. The standard InChI is InChI=1S/C14H18ClNO3S/c15-13-4-1-11(2-5-13)7-8-20(18,19)16-10-12-3-6-14(17)9-12/h1-2,4-5,7-8,12,14,16-17H,3,6,9-10H2/b8-7+. The van der Waals surface area contributed by atoms with E-state index in [-0.39, 0.29) is 12.0 Å². The quantitative estimate of drug-likeness (QED) is 0.876. The average Bonchev–Trinajstić information content (AvgIpc) is 2.82. The highest BCUT2D eigenvalue weighted by Crippen LogP contribution is 2.24. The molecule has 0 aliphatic heterocycles. The van der Waals surface area contributed by atoms with Gasteiger partial charge in [0.05, 0.1) is 6.10 Å². The Bertz CT molecular complexity index is 569. The maximum Gasteiger partial charge on any atom is 0.233 e. The maximum absolute atomic E-state index is 11.8. The molecule has 110 valence electrons. The van der Waals surface area contributed by atoms with E-state index >= 15 is 0 Å². The van der Waals surface area contributed by atoms with Crippen LogP contribution in [0.5, 0.6) is 0 Å². The number of aliphatic hydroxyl groups is 1. The van der Waals surface area contributed by atoms with Crippen LogP contribution in [0.1, 0.15) is 24.8 Å². The molecule has 1 saturated carbocycles. The highest BCUT2D eigenvalue weighted by molar-refractivity contribution is 7.92. The predicted molar refractivity (Wildman–Crippen MR) is 80.8 cm³/mol. The molecule has 2 N–H and O–H groups in total. The second kappa shape index (κ2) is 6.72. The number of hydrogen-bond donors (Lipinski definition) is 2. The van der Waals surface area contributed by atoms with Crippen LogP contribution in [-0.4, -0.2) is 26.2 Å². The zero-order valence-corrected chi connectivity index (χ0v) is 12.6. The van der Waals surface area contributed by atoms with E-state index in [2.05, 4.69) is 4.72 Å². The number of nitrogens with one attached hydrogen (secondary N) is 1. The van der Waals surface area contributed by atoms with E-state index in [9.17, 15) is 13.5 Å². The van der Waals surface area contributed by atoms with Crippen LogP contribution in [-0.2, 0) is 10.0 Å². The average molecular weight is 316 g/mol. The zero-order chi connectivity index (χ0) is 14.6. The van der Waals surface area contributed by atoms with Crippen molar-refractivity contribution < 1.29 is 13.5 Å². The Morgan fingerprint density at radius 1 is 1.30 bits per heavy atom. The van der Waals surface area contributed by atoms with E-state index in [1.54, 1.807) is 24.3 Å². The van der Waals surface area contributed by atoms with E-state index in [0.717, 1.165) is 23.8 Å². The fourth-order valence-corrected chi connectivity index (χ4v) is 3.28. The Hall–Kier alpha value is -0.880. The number of rotatable bonds is 5. The Labute approximate surface area is 124 Å². The van der Waals surface area contributed by atoms with Crippen LogP contribution < -0.4 is 4.72 Å². The van der Waals surface area contributed by atoms with Gasteiger partial charge in [-0.2, -0.15) is 0 Å². The lowest BCUT2D eigenvalue weighted by molar-refractivity contribution is 0.178. The molecule has 1 fully saturated rings. The molecule has 2 atom stereocenters. The summed E-state index contributed by atoms with van der Waals surface area (Å²) in [5.41, 5.74) is 0.774. The minimum Gasteiger partial charge on any atom is -0.393 e. The number of halogens is 1. The molecule has 0 spiro atoms. The molecular formula is C14H18ClNO3S. The second-order valence-corrected chi connectivity index (χ2v) is 7.17. The van der Waals surface area contributed by atoms with E-state index in [4.69, 9.17) is 11.6 Å². The molecule has 0 aromatic heterocycles. The Kier molecular flexibility index (Phi) is 5.21. The van der Waals surface area contributed by atoms with E-state index < -0.39 is 10.0 Å². The zero-order valence-electron chi connectivity index (χ0n) is 11.0. The Morgan fingerprint density at radius 3 is 2.60 bits per heavy atom. The van der Waals surface area contributed by atoms with Crippen molar-refractivity contribution in [1.29, 1.82) is 0 Å². The topological polar surface area (TPSA) is 66.4 Å². The smallest absolute Gasteiger partial charge is 0.233 e. The van der Waals surface area contributed by atoms with Gasteiger partial charge in [0, 0.05) is 17.0 Å². The van der Waals surface area contributed by atoms with Gasteiger partial charge in [0.15, 0.2) is 0 Å². The van der Waals surface area contributed by atoms with Crippen LogP contribution in [0, 0.1) is 5.92 Å². The number of hydrogen-bond acceptors (Lipinski definition) is 3. The van der Waals surface area contributed by atoms with Crippen LogP contribution in [0.25, 0.3) is 6.08 Å². The minimum atomic E-state index is -3.44. The van der Waals surface area contributed by atoms with Crippen LogP contribution in [0.15, 0.2) is 29.7 Å². The number of benzene rings is 1. The molecule has 0 radical (unpaired) electrons. The molecule has 0 heterocycles. The summed E-state index contributed by atoms with van der Waals surface area (Å²) >= 11 is 5.76. The van der Waals surface area contributed by atoms with Gasteiger partial charge in [-0.3, -0.25) is 0 Å². The highest BCUT2D eigenvalue weighted by atomic mass is 35.5. The lowest BCUT2D eigenvalue weighted by Gasteiger charge is -2.09. The van der Waals surface area contributed by atoms with E-state index in [0.29, 0.717) is 18.0 Å². The first-order valence-corrected chi connectivity index (χ1v) is 8.48. The van der Waals surface area contributed by atoms with Crippen molar-refractivity contribution in [2.45, 2.75) is 25.4 Å². The van der Waals surface area contributed by atoms with Gasteiger partial charge in [-0.05, 0) is 49.0 Å². The van der Waals surface area contributed by atoms with E-state index in [1.807, 2.05) is 0 Å². The monoisotopic (exact) mass is 315 g/mol. The summed E-state index contributed by atoms with van der Waals surface area (Å²) in [6.07, 6.45) is 3.54. The molecule has 2 rings (SSSR count). The van der Waals surface area contributed by atoms with Crippen LogP contribution in [0.2, 0.25) is 5.02 Å². The van der Waals surface area contributed by atoms with Crippen molar-refractivity contribution >= 4 is 27.7 Å². The molecule has 1 aromatic rings. The largest absolute Gasteiger partial charge is 0.393 e. The molecule has 6 heteroatoms. The van der Waals surface area contributed by atoms with Crippen LogP contribution in [0.3, 0.4) is 0 Å². The first-order valence-electron chi connectivity index (χ1n) is 6.56. The highest BCUT2D eigenvalue weighted by Gasteiger charge is 2.23. The van der Waals surface area contributed by atoms with E-state index in [1.165, 1.54) is 6.08 Å². The van der Waals surface area contributed by atoms with Gasteiger partial charge in [0.2, 0.25) is 10.0 Å². The fraction of sp³-hybridized carbons (Fsp3) is 0.429. The SMILES string of the molecule is O=S(=O)(/C=C/c1ccc(Cl)cc1)NCC1CCC(O)C1. The van der Waals surface area contributed by atoms with Crippen LogP contribution >= 0.6 is 11.6 Å².